The quantitative estimate of drug-likeness (QED) is 0.0714. The first kappa shape index (κ1) is 58.7. The molecule has 1 heterocycles. The second-order valence-corrected chi connectivity index (χ2v) is 16.1. The maximum Gasteiger partial charge on any atom is 0.416 e. The molecule has 0 unspecified atom stereocenters. The second kappa shape index (κ2) is 20.1. The van der Waals surface area contributed by atoms with Gasteiger partial charge in [-0.15, -0.1) is 0 Å². The molecule has 75 heavy (non-hydrogen) atoms. The zero-order chi connectivity index (χ0) is 56.9. The third-order valence-electron chi connectivity index (χ3n) is 11.0. The summed E-state index contributed by atoms with van der Waals surface area (Å²) in [6.45, 7) is 0.239. The average Bonchev–Trinajstić information content (AvgIpc) is 3.27. The lowest BCUT2D eigenvalue weighted by Crippen LogP contribution is -2.75. The molecule has 1 amide bonds. The van der Waals surface area contributed by atoms with Crippen LogP contribution in [0.2, 0.25) is 0 Å². The van der Waals surface area contributed by atoms with Crippen molar-refractivity contribution in [2.24, 2.45) is 5.73 Å². The number of carbonyl (C=O) groups excluding carboxylic acids is 2. The monoisotopic (exact) mass is 1100 g/mol. The number of aromatic nitrogens is 1. The third-order valence-corrected chi connectivity index (χ3v) is 11.0. The third kappa shape index (κ3) is 13.7. The first-order valence-corrected chi connectivity index (χ1v) is 20.2. The summed E-state index contributed by atoms with van der Waals surface area (Å²) in [6.07, 6.45) is -51.5. The molecule has 0 aliphatic carbocycles. The van der Waals surface area contributed by atoms with E-state index in [1.54, 1.807) is 41.2 Å². The van der Waals surface area contributed by atoms with Gasteiger partial charge in [0.15, 0.2) is 12.4 Å². The molecule has 1 aromatic heterocycles. The summed E-state index contributed by atoms with van der Waals surface area (Å²) < 4.78 is 343. The molecule has 0 aliphatic heterocycles. The van der Waals surface area contributed by atoms with Crippen molar-refractivity contribution in [2.75, 3.05) is 0 Å². The Labute approximate surface area is 403 Å². The zero-order valence-electron chi connectivity index (χ0n) is 36.3. The Balaban J connectivity index is 0.000000483. The Hall–Kier alpha value is -7.23. The molecule has 4 nitrogen and oxygen atoms in total. The Kier molecular flexibility index (Phi) is 15.8. The van der Waals surface area contributed by atoms with Crippen molar-refractivity contribution in [3.8, 4) is 0 Å². The van der Waals surface area contributed by atoms with Crippen LogP contribution < -0.4 is 32.2 Å². The number of primary amides is 1. The summed E-state index contributed by atoms with van der Waals surface area (Å²) in [5, 5.41) is 0. The molecule has 402 valence electrons. The van der Waals surface area contributed by atoms with Gasteiger partial charge in [0.25, 0.3) is 0 Å². The van der Waals surface area contributed by atoms with Crippen molar-refractivity contribution in [2.45, 2.75) is 56.0 Å². The van der Waals surface area contributed by atoms with Crippen LogP contribution in [0.1, 0.15) is 65.2 Å². The molecule has 0 bridgehead atoms. The van der Waals surface area contributed by atoms with Crippen molar-refractivity contribution in [1.29, 1.82) is 0 Å². The Bertz CT molecular complexity index is 2620. The molecule has 0 fully saturated rings. The Morgan fingerprint density at radius 2 is 0.573 bits per heavy atom. The highest BCUT2D eigenvalue weighted by Crippen LogP contribution is 2.41. The number of nitrogens with zero attached hydrogens (tertiary/aromatic N) is 1. The van der Waals surface area contributed by atoms with Crippen LogP contribution >= 0.6 is 0 Å². The number of Topliss-reactive ketones (excluding diaryl/α,β-unsaturated/α-hetero) is 1. The van der Waals surface area contributed by atoms with Crippen LogP contribution in [-0.4, -0.2) is 17.8 Å². The highest BCUT2D eigenvalue weighted by atomic mass is 19.4. The van der Waals surface area contributed by atoms with E-state index in [0.29, 0.717) is 11.1 Å². The van der Waals surface area contributed by atoms with E-state index in [1.807, 2.05) is 18.2 Å². The minimum atomic E-state index is -6.13. The van der Waals surface area contributed by atoms with E-state index in [1.165, 1.54) is 0 Å². The highest BCUT2D eigenvalue weighted by molar-refractivity contribution is 7.20. The van der Waals surface area contributed by atoms with Gasteiger partial charge in [-0.1, -0.05) is 78.9 Å². The number of hydrogen-bond donors (Lipinski definition) is 1. The first-order chi connectivity index (χ1) is 33.9. The zero-order valence-corrected chi connectivity index (χ0v) is 36.3. The smallest absolute Gasteiger partial charge is 0.366 e. The van der Waals surface area contributed by atoms with Gasteiger partial charge in [-0.25, -0.2) is 0 Å². The average molecular weight is 1100 g/mol. The molecule has 0 atom stereocenters. The number of pyridine rings is 1. The molecule has 0 radical (unpaired) electrons. The number of ketones is 1. The molecule has 2 N–H and O–H groups in total. The maximum atomic E-state index is 14.2. The maximum absolute atomic E-state index is 14.2. The molecule has 0 saturated carbocycles. The van der Waals surface area contributed by atoms with E-state index in [-0.39, 0.29) is 12.3 Å². The van der Waals surface area contributed by atoms with Gasteiger partial charge in [0.05, 0.1) is 50.1 Å². The van der Waals surface area contributed by atoms with Gasteiger partial charge in [0.1, 0.15) is 6.15 Å². The lowest BCUT2D eigenvalue weighted by Gasteiger charge is -2.46. The Morgan fingerprint density at radius 3 is 0.773 bits per heavy atom. The second-order valence-electron chi connectivity index (χ2n) is 16.1. The number of nitrogens with two attached hydrogens (primary N) is 1. The summed E-state index contributed by atoms with van der Waals surface area (Å²) in [4.78, 5) is 22.8. The van der Waals surface area contributed by atoms with E-state index in [2.05, 4.69) is 0 Å². The molecule has 0 aliphatic rings. The molecule has 29 heteroatoms. The van der Waals surface area contributed by atoms with E-state index < -0.39 is 201 Å². The topological polar surface area (TPSA) is 64.0 Å². The highest BCUT2D eigenvalue weighted by Gasteiger charge is 2.47. The van der Waals surface area contributed by atoms with E-state index in [0.717, 1.165) is 0 Å². The molecule has 6 rings (SSSR count). The number of rotatable bonds is 8. The van der Waals surface area contributed by atoms with Crippen molar-refractivity contribution in [3.63, 3.8) is 0 Å². The normalized spacial score (nSPS) is 13.3. The predicted molar refractivity (Wildman–Crippen MR) is 216 cm³/mol. The van der Waals surface area contributed by atoms with Gasteiger partial charge in [-0.2, -0.15) is 132 Å². The van der Waals surface area contributed by atoms with Crippen LogP contribution in [0.25, 0.3) is 0 Å². The summed E-state index contributed by atoms with van der Waals surface area (Å²) in [5.74, 6) is -0.455. The van der Waals surface area contributed by atoms with Crippen LogP contribution in [0.15, 0.2) is 128 Å². The van der Waals surface area contributed by atoms with Crippen molar-refractivity contribution in [1.82, 2.24) is 0 Å². The number of hydrogen-bond acceptors (Lipinski definition) is 2. The molecule has 5 aromatic carbocycles. The van der Waals surface area contributed by atoms with Crippen molar-refractivity contribution < 1.29 is 120 Å². The molecular weight excluding hydrogens is 1080 g/mol. The van der Waals surface area contributed by atoms with E-state index in [4.69, 9.17) is 5.73 Å². The van der Waals surface area contributed by atoms with Gasteiger partial charge < -0.3 is 5.73 Å². The number of carbonyl (C=O) groups is 2. The largest absolute Gasteiger partial charge is 0.416 e. The standard InChI is InChI=1S/C32H12BF24.C14H12N2O2/c34-25(35,36)13-1-14(26(37,38)39)6-21(5-13)33(22-7-15(27(40,41)42)2-16(8-22)28(43,44)45,23-9-17(29(46,47)48)3-18(10-23)30(49,50)51)24-11-19(31(52,53)54)4-20(12-24)32(55,56)57;15-14(18)12-6-8-16(9-7-12)10-13(17)11-4-2-1-3-5-11/h1-12H;1-9H,10H2,(H-,15,18)/q-1;/p+1. The molecular formula is C46H25BF24N2O2. The van der Waals surface area contributed by atoms with Crippen molar-refractivity contribution >= 4 is 39.7 Å². The fourth-order valence-electron chi connectivity index (χ4n) is 7.68. The Morgan fingerprint density at radius 1 is 0.347 bits per heavy atom. The van der Waals surface area contributed by atoms with Gasteiger partial charge in [0, 0.05) is 17.7 Å². The van der Waals surface area contributed by atoms with Gasteiger partial charge in [-0.05, 0) is 24.3 Å². The van der Waals surface area contributed by atoms with Gasteiger partial charge in [-0.3, -0.25) is 9.59 Å². The van der Waals surface area contributed by atoms with Crippen LogP contribution in [0.3, 0.4) is 0 Å². The first-order valence-electron chi connectivity index (χ1n) is 20.2. The number of benzene rings is 5. The minimum absolute atomic E-state index is 0.0208. The molecule has 6 aromatic rings. The minimum Gasteiger partial charge on any atom is -0.366 e. The molecule has 0 spiro atoms. The van der Waals surface area contributed by atoms with E-state index in [9.17, 15) is 115 Å². The SMILES string of the molecule is FC(F)(F)c1cc([B-](c2cc(C(F)(F)F)cc(C(F)(F)F)c2)(c2cc(C(F)(F)F)cc(C(F)(F)F)c2)c2cc(C(F)(F)F)cc(C(F)(F)F)c2)cc(C(F)(F)F)c1.NC(=O)c1cc[n+](CC(=O)c2ccccc2)cc1. The van der Waals surface area contributed by atoms with Crippen molar-refractivity contribution in [3.05, 3.63) is 183 Å². The van der Waals surface area contributed by atoms with Gasteiger partial charge >= 0.3 is 49.4 Å². The summed E-state index contributed by atoms with van der Waals surface area (Å²) in [6, 6.07) is 3.46. The predicted octanol–water partition coefficient (Wildman–Crippen LogP) is 12.2. The van der Waals surface area contributed by atoms with Crippen LogP contribution in [-0.2, 0) is 56.0 Å². The lowest BCUT2D eigenvalue weighted by molar-refractivity contribution is -0.683. The van der Waals surface area contributed by atoms with Crippen LogP contribution in [0, 0.1) is 0 Å². The number of amides is 1. The van der Waals surface area contributed by atoms with Crippen LogP contribution in [0.5, 0.6) is 0 Å². The van der Waals surface area contributed by atoms with Gasteiger partial charge in [0.2, 0.25) is 18.2 Å². The fraction of sp³-hybridized carbons (Fsp3) is 0.196. The molecule has 0 saturated heterocycles. The summed E-state index contributed by atoms with van der Waals surface area (Å²) >= 11 is 0. The van der Waals surface area contributed by atoms with E-state index >= 15 is 0 Å². The number of halogens is 24. The fourth-order valence-corrected chi connectivity index (χ4v) is 7.68. The summed E-state index contributed by atoms with van der Waals surface area (Å²) in [7, 11) is 0. The lowest BCUT2D eigenvalue weighted by atomic mass is 9.12. The number of alkyl halides is 24. The summed E-state index contributed by atoms with van der Waals surface area (Å²) in [5.41, 5.74) is -24.0. The van der Waals surface area contributed by atoms with Crippen LogP contribution in [0.4, 0.5) is 105 Å².